The lowest BCUT2D eigenvalue weighted by molar-refractivity contribution is -0.115. The van der Waals surface area contributed by atoms with Gasteiger partial charge in [-0.3, -0.25) is 4.79 Å². The fourth-order valence-electron chi connectivity index (χ4n) is 2.46. The minimum atomic E-state index is -0.167. The summed E-state index contributed by atoms with van der Waals surface area (Å²) in [6.45, 7) is 6.02. The first-order valence-electron chi connectivity index (χ1n) is 8.88. The van der Waals surface area contributed by atoms with Crippen LogP contribution >= 0.6 is 39.3 Å². The van der Waals surface area contributed by atoms with Crippen molar-refractivity contribution < 1.29 is 9.53 Å². The van der Waals surface area contributed by atoms with Crippen molar-refractivity contribution in [2.45, 2.75) is 33.3 Å². The van der Waals surface area contributed by atoms with Crippen molar-refractivity contribution in [3.8, 4) is 5.75 Å². The van der Waals surface area contributed by atoms with Crippen molar-refractivity contribution in [3.63, 3.8) is 0 Å². The zero-order valence-electron chi connectivity index (χ0n) is 15.8. The second kappa shape index (κ2) is 9.16. The molecule has 0 aliphatic carbocycles. The molecule has 1 N–H and O–H groups in total. The van der Waals surface area contributed by atoms with Crippen molar-refractivity contribution in [3.05, 3.63) is 61.9 Å². The average Bonchev–Trinajstić information content (AvgIpc) is 3.00. The Labute approximate surface area is 182 Å². The van der Waals surface area contributed by atoms with Gasteiger partial charge in [-0.25, -0.2) is 4.99 Å². The summed E-state index contributed by atoms with van der Waals surface area (Å²) in [6, 6.07) is 11.3. The predicted molar refractivity (Wildman–Crippen MR) is 122 cm³/mol. The van der Waals surface area contributed by atoms with Gasteiger partial charge in [-0.1, -0.05) is 30.7 Å². The van der Waals surface area contributed by atoms with Crippen LogP contribution in [0.2, 0.25) is 5.02 Å². The Morgan fingerprint density at radius 1 is 1.36 bits per heavy atom. The molecule has 0 spiro atoms. The summed E-state index contributed by atoms with van der Waals surface area (Å²) in [5, 5.41) is 3.99. The van der Waals surface area contributed by atoms with Crippen LogP contribution in [0.15, 0.2) is 50.8 Å². The van der Waals surface area contributed by atoms with Crippen LogP contribution in [0.1, 0.15) is 31.4 Å². The molecule has 1 fully saturated rings. The molecular formula is C21H20BrClN2O2S. The number of halogens is 2. The number of carbonyl (C=O) groups is 1. The molecule has 1 saturated heterocycles. The highest BCUT2D eigenvalue weighted by Gasteiger charge is 2.24. The molecular weight excluding hydrogens is 460 g/mol. The Bertz CT molecular complexity index is 975. The first kappa shape index (κ1) is 21.0. The standard InChI is InChI=1S/C21H20BrClN2O2S/c1-4-12(2)27-18-9-8-14(10-15(18)22)11-19-20(26)25-21(28-19)24-17-7-5-6-16(23)13(17)3/h5-12H,4H2,1-3H3,(H,24,25,26)/b19-11+/t12-/m1/s1. The third-order valence-electron chi connectivity index (χ3n) is 4.27. The summed E-state index contributed by atoms with van der Waals surface area (Å²) >= 11 is 11.0. The molecule has 0 saturated carbocycles. The van der Waals surface area contributed by atoms with E-state index in [9.17, 15) is 4.79 Å². The highest BCUT2D eigenvalue weighted by Crippen LogP contribution is 2.33. The van der Waals surface area contributed by atoms with Crippen LogP contribution < -0.4 is 10.1 Å². The van der Waals surface area contributed by atoms with E-state index in [1.807, 2.05) is 56.3 Å². The number of nitrogens with zero attached hydrogens (tertiary/aromatic N) is 1. The molecule has 1 heterocycles. The van der Waals surface area contributed by atoms with Crippen LogP contribution in [0, 0.1) is 6.92 Å². The number of amidine groups is 1. The number of aliphatic imine (C=N–C) groups is 1. The largest absolute Gasteiger partial charge is 0.490 e. The van der Waals surface area contributed by atoms with Gasteiger partial charge in [-0.2, -0.15) is 0 Å². The molecule has 1 aliphatic heterocycles. The summed E-state index contributed by atoms with van der Waals surface area (Å²) in [5.41, 5.74) is 2.52. The van der Waals surface area contributed by atoms with Crippen molar-refractivity contribution in [1.29, 1.82) is 0 Å². The smallest absolute Gasteiger partial charge is 0.264 e. The molecule has 28 heavy (non-hydrogen) atoms. The van der Waals surface area contributed by atoms with Crippen LogP contribution in [0.5, 0.6) is 5.75 Å². The van der Waals surface area contributed by atoms with Gasteiger partial charge in [0.1, 0.15) is 5.75 Å². The molecule has 2 aromatic carbocycles. The Morgan fingerprint density at radius 3 is 2.86 bits per heavy atom. The highest BCUT2D eigenvalue weighted by molar-refractivity contribution is 9.10. The maximum atomic E-state index is 12.3. The van der Waals surface area contributed by atoms with Gasteiger partial charge < -0.3 is 10.1 Å². The molecule has 3 rings (SSSR count). The van der Waals surface area contributed by atoms with E-state index < -0.39 is 0 Å². The van der Waals surface area contributed by atoms with E-state index in [1.165, 1.54) is 11.8 Å². The van der Waals surface area contributed by atoms with E-state index in [1.54, 1.807) is 0 Å². The molecule has 7 heteroatoms. The third kappa shape index (κ3) is 4.99. The average molecular weight is 480 g/mol. The number of rotatable bonds is 5. The monoisotopic (exact) mass is 478 g/mol. The quantitative estimate of drug-likeness (QED) is 0.499. The number of thioether (sulfide) groups is 1. The first-order chi connectivity index (χ1) is 13.4. The van der Waals surface area contributed by atoms with Gasteiger partial charge in [0, 0.05) is 5.02 Å². The normalized spacial score (nSPS) is 17.8. The predicted octanol–water partition coefficient (Wildman–Crippen LogP) is 6.48. The second-order valence-electron chi connectivity index (χ2n) is 6.39. The van der Waals surface area contributed by atoms with E-state index >= 15 is 0 Å². The molecule has 1 aliphatic rings. The van der Waals surface area contributed by atoms with Gasteiger partial charge in [-0.05, 0) is 89.4 Å². The first-order valence-corrected chi connectivity index (χ1v) is 10.9. The van der Waals surface area contributed by atoms with E-state index in [4.69, 9.17) is 16.3 Å². The number of carbonyl (C=O) groups excluding carboxylic acids is 1. The van der Waals surface area contributed by atoms with Gasteiger partial charge in [0.15, 0.2) is 5.17 Å². The van der Waals surface area contributed by atoms with Gasteiger partial charge >= 0.3 is 0 Å². The van der Waals surface area contributed by atoms with Crippen LogP contribution in [0.3, 0.4) is 0 Å². The van der Waals surface area contributed by atoms with E-state index in [0.29, 0.717) is 15.1 Å². The summed E-state index contributed by atoms with van der Waals surface area (Å²) in [7, 11) is 0. The molecule has 2 aromatic rings. The minimum Gasteiger partial charge on any atom is -0.490 e. The van der Waals surface area contributed by atoms with Crippen LogP contribution in [0.25, 0.3) is 6.08 Å². The number of hydrogen-bond donors (Lipinski definition) is 1. The molecule has 4 nitrogen and oxygen atoms in total. The molecule has 0 bridgehead atoms. The lowest BCUT2D eigenvalue weighted by Gasteiger charge is -2.14. The Kier molecular flexibility index (Phi) is 6.86. The van der Waals surface area contributed by atoms with Crippen molar-refractivity contribution in [2.75, 3.05) is 0 Å². The lowest BCUT2D eigenvalue weighted by atomic mass is 10.2. The fourth-order valence-corrected chi connectivity index (χ4v) is 3.96. The topological polar surface area (TPSA) is 50.7 Å². The molecule has 0 radical (unpaired) electrons. The maximum absolute atomic E-state index is 12.3. The third-order valence-corrected chi connectivity index (χ3v) is 6.21. The number of nitrogens with one attached hydrogen (secondary N) is 1. The number of ether oxygens (including phenoxy) is 1. The summed E-state index contributed by atoms with van der Waals surface area (Å²) in [5.74, 6) is 0.623. The zero-order chi connectivity index (χ0) is 20.3. The minimum absolute atomic E-state index is 0.144. The van der Waals surface area contributed by atoms with E-state index in [-0.39, 0.29) is 12.0 Å². The van der Waals surface area contributed by atoms with Gasteiger partial charge in [-0.15, -0.1) is 0 Å². The maximum Gasteiger partial charge on any atom is 0.264 e. The molecule has 146 valence electrons. The Hall–Kier alpha value is -1.76. The highest BCUT2D eigenvalue weighted by atomic mass is 79.9. The lowest BCUT2D eigenvalue weighted by Crippen LogP contribution is -2.19. The molecule has 0 aromatic heterocycles. The SMILES string of the molecule is CC[C@@H](C)Oc1ccc(/C=C2/SC(=Nc3cccc(Cl)c3C)NC2=O)cc1Br. The number of hydrogen-bond acceptors (Lipinski definition) is 4. The summed E-state index contributed by atoms with van der Waals surface area (Å²) in [6.07, 6.45) is 2.92. The van der Waals surface area contributed by atoms with Crippen molar-refractivity contribution >= 4 is 62.1 Å². The fraction of sp³-hybridized carbons (Fsp3) is 0.238. The van der Waals surface area contributed by atoms with E-state index in [2.05, 4.69) is 33.2 Å². The van der Waals surface area contributed by atoms with Gasteiger partial charge in [0.25, 0.3) is 5.91 Å². The zero-order valence-corrected chi connectivity index (χ0v) is 18.9. The summed E-state index contributed by atoms with van der Waals surface area (Å²) < 4.78 is 6.72. The van der Waals surface area contributed by atoms with Gasteiger partial charge in [0.2, 0.25) is 0 Å². The second-order valence-corrected chi connectivity index (χ2v) is 8.68. The Morgan fingerprint density at radius 2 is 2.14 bits per heavy atom. The number of amides is 1. The van der Waals surface area contributed by atoms with Crippen molar-refractivity contribution in [2.24, 2.45) is 4.99 Å². The van der Waals surface area contributed by atoms with Crippen LogP contribution in [0.4, 0.5) is 5.69 Å². The molecule has 0 unspecified atom stereocenters. The summed E-state index contributed by atoms with van der Waals surface area (Å²) in [4.78, 5) is 17.4. The van der Waals surface area contributed by atoms with E-state index in [0.717, 1.165) is 33.5 Å². The number of benzene rings is 2. The Balaban J connectivity index is 1.80. The van der Waals surface area contributed by atoms with Crippen LogP contribution in [-0.2, 0) is 4.79 Å². The van der Waals surface area contributed by atoms with Crippen LogP contribution in [-0.4, -0.2) is 17.2 Å². The molecule has 1 atom stereocenters. The van der Waals surface area contributed by atoms with Gasteiger partial charge in [0.05, 0.1) is 21.2 Å². The molecule has 1 amide bonds. The van der Waals surface area contributed by atoms with Crippen molar-refractivity contribution in [1.82, 2.24) is 5.32 Å².